The minimum absolute atomic E-state index is 0.136. The van der Waals surface area contributed by atoms with Crippen LogP contribution in [0.3, 0.4) is 0 Å². The molecule has 0 aromatic heterocycles. The van der Waals surface area contributed by atoms with Crippen molar-refractivity contribution in [2.45, 2.75) is 31.8 Å². The van der Waals surface area contributed by atoms with Crippen molar-refractivity contribution in [1.82, 2.24) is 4.90 Å². The summed E-state index contributed by atoms with van der Waals surface area (Å²) in [5.41, 5.74) is 3.02. The van der Waals surface area contributed by atoms with Crippen LogP contribution in [0.1, 0.15) is 16.7 Å². The van der Waals surface area contributed by atoms with Gasteiger partial charge in [-0.15, -0.1) is 0 Å². The van der Waals surface area contributed by atoms with Gasteiger partial charge in [-0.25, -0.2) is 4.79 Å². The molecule has 0 bridgehead atoms. The second-order valence-electron chi connectivity index (χ2n) is 8.14. The molecule has 2 atom stereocenters. The van der Waals surface area contributed by atoms with E-state index in [1.807, 2.05) is 83.8 Å². The molecule has 0 radical (unpaired) electrons. The maximum absolute atomic E-state index is 12.4. The number of methoxy groups -OCH3 is 3. The lowest BCUT2D eigenvalue weighted by Gasteiger charge is -2.34. The van der Waals surface area contributed by atoms with Gasteiger partial charge in [0.05, 0.1) is 40.6 Å². The van der Waals surface area contributed by atoms with Gasteiger partial charge < -0.3 is 24.1 Å². The average Bonchev–Trinajstić information content (AvgIpc) is 2.91. The molecular formula is C28H33NO6. The zero-order chi connectivity index (χ0) is 25.0. The first kappa shape index (κ1) is 26.2. The van der Waals surface area contributed by atoms with Crippen molar-refractivity contribution < 1.29 is 28.8 Å². The number of hydrogen-bond acceptors (Lipinski definition) is 7. The molecule has 35 heavy (non-hydrogen) atoms. The van der Waals surface area contributed by atoms with E-state index < -0.39 is 18.1 Å². The zero-order valence-corrected chi connectivity index (χ0v) is 20.4. The molecule has 7 heteroatoms. The van der Waals surface area contributed by atoms with Crippen LogP contribution in [0.2, 0.25) is 0 Å². The molecule has 0 spiro atoms. The fraction of sp³-hybridized carbons (Fsp3) is 0.321. The second kappa shape index (κ2) is 13.5. The largest absolute Gasteiger partial charge is 0.497 e. The summed E-state index contributed by atoms with van der Waals surface area (Å²) in [5, 5.41) is 10.9. The van der Waals surface area contributed by atoms with E-state index in [0.29, 0.717) is 19.7 Å². The number of benzene rings is 3. The van der Waals surface area contributed by atoms with Crippen molar-refractivity contribution in [2.24, 2.45) is 0 Å². The van der Waals surface area contributed by atoms with E-state index in [4.69, 9.17) is 18.9 Å². The van der Waals surface area contributed by atoms with Crippen LogP contribution in [-0.2, 0) is 34.0 Å². The van der Waals surface area contributed by atoms with Gasteiger partial charge in [0, 0.05) is 13.1 Å². The Morgan fingerprint density at radius 2 is 1.29 bits per heavy atom. The minimum atomic E-state index is -1.38. The Labute approximate surface area is 206 Å². The number of ether oxygens (including phenoxy) is 4. The van der Waals surface area contributed by atoms with E-state index in [1.165, 1.54) is 7.11 Å². The van der Waals surface area contributed by atoms with Gasteiger partial charge in [0.2, 0.25) is 0 Å². The van der Waals surface area contributed by atoms with Crippen molar-refractivity contribution in [3.63, 3.8) is 0 Å². The Kier molecular flexibility index (Phi) is 10.1. The van der Waals surface area contributed by atoms with E-state index >= 15 is 0 Å². The molecule has 0 saturated heterocycles. The van der Waals surface area contributed by atoms with E-state index in [1.54, 1.807) is 14.2 Å². The predicted octanol–water partition coefficient (Wildman–Crippen LogP) is 3.83. The highest BCUT2D eigenvalue weighted by molar-refractivity contribution is 5.75. The molecule has 3 aromatic carbocycles. The molecule has 0 fully saturated rings. The highest BCUT2D eigenvalue weighted by Gasteiger charge is 2.32. The van der Waals surface area contributed by atoms with Gasteiger partial charge in [-0.1, -0.05) is 54.6 Å². The van der Waals surface area contributed by atoms with E-state index in [9.17, 15) is 9.90 Å². The summed E-state index contributed by atoms with van der Waals surface area (Å²) < 4.78 is 21.4. The number of aliphatic hydroxyl groups excluding tert-OH is 1. The maximum Gasteiger partial charge on any atom is 0.336 e. The Morgan fingerprint density at radius 3 is 1.74 bits per heavy atom. The highest BCUT2D eigenvalue weighted by atomic mass is 16.5. The lowest BCUT2D eigenvalue weighted by atomic mass is 10.1. The number of hydrogen-bond donors (Lipinski definition) is 1. The first-order valence-electron chi connectivity index (χ1n) is 11.4. The average molecular weight is 480 g/mol. The number of rotatable bonds is 13. The third-order valence-corrected chi connectivity index (χ3v) is 5.77. The standard InChI is InChI=1S/C28H33NO6/c1-32-24-13-9-21(10-14-24)17-29(18-22-11-15-25(33-2)16-12-22)26(27(30)28(31)34-3)20-35-19-23-7-5-4-6-8-23/h4-16,26-27,30H,17-20H2,1-3H3/t26-,27-/m0/s1. The Balaban J connectivity index is 1.85. The third kappa shape index (κ3) is 7.82. The Morgan fingerprint density at radius 1 is 0.771 bits per heavy atom. The molecule has 0 saturated carbocycles. The van der Waals surface area contributed by atoms with Gasteiger partial charge in [0.15, 0.2) is 6.10 Å². The first-order valence-corrected chi connectivity index (χ1v) is 11.4. The fourth-order valence-corrected chi connectivity index (χ4v) is 3.77. The van der Waals surface area contributed by atoms with Crippen molar-refractivity contribution >= 4 is 5.97 Å². The molecule has 3 aromatic rings. The fourth-order valence-electron chi connectivity index (χ4n) is 3.77. The molecule has 0 aliphatic heterocycles. The highest BCUT2D eigenvalue weighted by Crippen LogP contribution is 2.21. The summed E-state index contributed by atoms with van der Waals surface area (Å²) >= 11 is 0. The van der Waals surface area contributed by atoms with Gasteiger partial charge in [-0.05, 0) is 41.0 Å². The van der Waals surface area contributed by atoms with Crippen LogP contribution in [0, 0.1) is 0 Å². The van der Waals surface area contributed by atoms with Crippen molar-refractivity contribution in [3.05, 3.63) is 95.6 Å². The number of carbonyl (C=O) groups is 1. The molecule has 0 aliphatic carbocycles. The number of nitrogens with zero attached hydrogens (tertiary/aromatic N) is 1. The maximum atomic E-state index is 12.4. The number of aliphatic hydroxyl groups is 1. The van der Waals surface area contributed by atoms with Crippen LogP contribution in [0.4, 0.5) is 0 Å². The summed E-state index contributed by atoms with van der Waals surface area (Å²) in [5.74, 6) is 0.813. The zero-order valence-electron chi connectivity index (χ0n) is 20.4. The molecule has 0 aliphatic rings. The van der Waals surface area contributed by atoms with Gasteiger partial charge >= 0.3 is 5.97 Å². The topological polar surface area (TPSA) is 77.5 Å². The monoisotopic (exact) mass is 479 g/mol. The molecule has 186 valence electrons. The quantitative estimate of drug-likeness (QED) is 0.374. The van der Waals surface area contributed by atoms with E-state index in [0.717, 1.165) is 28.2 Å². The molecule has 1 N–H and O–H groups in total. The van der Waals surface area contributed by atoms with Crippen LogP contribution in [0.5, 0.6) is 11.5 Å². The second-order valence-corrected chi connectivity index (χ2v) is 8.14. The molecule has 3 rings (SSSR count). The number of carbonyl (C=O) groups excluding carboxylic acids is 1. The summed E-state index contributed by atoms with van der Waals surface area (Å²) in [6, 6.07) is 24.5. The smallest absolute Gasteiger partial charge is 0.336 e. The lowest BCUT2D eigenvalue weighted by Crippen LogP contribution is -2.49. The van der Waals surface area contributed by atoms with Gasteiger partial charge in [-0.2, -0.15) is 0 Å². The van der Waals surface area contributed by atoms with Crippen LogP contribution in [0.15, 0.2) is 78.9 Å². The predicted molar refractivity (Wildman–Crippen MR) is 133 cm³/mol. The lowest BCUT2D eigenvalue weighted by molar-refractivity contribution is -0.156. The summed E-state index contributed by atoms with van der Waals surface area (Å²) in [6.07, 6.45) is -1.38. The van der Waals surface area contributed by atoms with E-state index in [2.05, 4.69) is 0 Å². The van der Waals surface area contributed by atoms with Crippen LogP contribution in [0.25, 0.3) is 0 Å². The summed E-state index contributed by atoms with van der Waals surface area (Å²) in [4.78, 5) is 14.4. The SMILES string of the molecule is COC(=O)[C@@H](O)[C@H](COCc1ccccc1)N(Cc1ccc(OC)cc1)Cc1ccc(OC)cc1. The Bertz CT molecular complexity index is 974. The molecule has 7 nitrogen and oxygen atoms in total. The molecule has 0 heterocycles. The molecule has 0 unspecified atom stereocenters. The number of esters is 1. The first-order chi connectivity index (χ1) is 17.0. The normalized spacial score (nSPS) is 12.7. The minimum Gasteiger partial charge on any atom is -0.497 e. The van der Waals surface area contributed by atoms with Gasteiger partial charge in [0.25, 0.3) is 0 Å². The van der Waals surface area contributed by atoms with Crippen molar-refractivity contribution in [1.29, 1.82) is 0 Å². The Hall–Kier alpha value is -3.39. The van der Waals surface area contributed by atoms with Gasteiger partial charge in [-0.3, -0.25) is 4.90 Å². The van der Waals surface area contributed by atoms with Crippen molar-refractivity contribution in [3.8, 4) is 11.5 Å². The van der Waals surface area contributed by atoms with Crippen LogP contribution in [-0.4, -0.2) is 56.1 Å². The molecular weight excluding hydrogens is 446 g/mol. The van der Waals surface area contributed by atoms with Crippen molar-refractivity contribution in [2.75, 3.05) is 27.9 Å². The summed E-state index contributed by atoms with van der Waals surface area (Å²) in [7, 11) is 4.51. The third-order valence-electron chi connectivity index (χ3n) is 5.77. The van der Waals surface area contributed by atoms with Crippen LogP contribution < -0.4 is 9.47 Å². The van der Waals surface area contributed by atoms with E-state index in [-0.39, 0.29) is 6.61 Å². The molecule has 0 amide bonds. The van der Waals surface area contributed by atoms with Gasteiger partial charge in [0.1, 0.15) is 11.5 Å². The van der Waals surface area contributed by atoms with Crippen LogP contribution >= 0.6 is 0 Å². The summed E-state index contributed by atoms with van der Waals surface area (Å²) in [6.45, 7) is 1.45.